The molecule has 21 heavy (non-hydrogen) atoms. The minimum Gasteiger partial charge on any atom is -0.462 e. The van der Waals surface area contributed by atoms with Crippen LogP contribution in [0.15, 0.2) is 42.5 Å². The zero-order valence-corrected chi connectivity index (χ0v) is 12.9. The number of rotatable bonds is 5. The molecule has 1 N–H and O–H groups in total. The highest BCUT2D eigenvalue weighted by Crippen LogP contribution is 2.20. The molecule has 0 atom stereocenters. The van der Waals surface area contributed by atoms with Crippen LogP contribution in [0.25, 0.3) is 0 Å². The Morgan fingerprint density at radius 1 is 1.24 bits per heavy atom. The predicted molar refractivity (Wildman–Crippen MR) is 85.9 cm³/mol. The van der Waals surface area contributed by atoms with E-state index in [1.807, 2.05) is 43.3 Å². The molecular weight excluding hydrogens is 286 g/mol. The average molecular weight is 304 g/mol. The second-order valence-electron chi connectivity index (χ2n) is 4.70. The highest BCUT2D eigenvalue weighted by molar-refractivity contribution is 6.31. The molecular formula is C17H18ClNO2. The third kappa shape index (κ3) is 3.99. The number of hydrogen-bond donors (Lipinski definition) is 1. The van der Waals surface area contributed by atoms with Crippen LogP contribution in [0.1, 0.15) is 28.4 Å². The Bertz CT molecular complexity index is 640. The summed E-state index contributed by atoms with van der Waals surface area (Å²) in [5, 5.41) is 4.00. The molecule has 0 heterocycles. The Morgan fingerprint density at radius 3 is 2.71 bits per heavy atom. The van der Waals surface area contributed by atoms with Gasteiger partial charge in [0.1, 0.15) is 0 Å². The van der Waals surface area contributed by atoms with Crippen LogP contribution in [0.2, 0.25) is 5.02 Å². The van der Waals surface area contributed by atoms with Crippen molar-refractivity contribution in [2.75, 3.05) is 11.9 Å². The van der Waals surface area contributed by atoms with Crippen LogP contribution < -0.4 is 5.32 Å². The van der Waals surface area contributed by atoms with Crippen molar-refractivity contribution in [1.82, 2.24) is 0 Å². The zero-order valence-electron chi connectivity index (χ0n) is 12.2. The smallest absolute Gasteiger partial charge is 0.340 e. The molecule has 0 aliphatic heterocycles. The highest BCUT2D eigenvalue weighted by atomic mass is 35.5. The Kier molecular flexibility index (Phi) is 5.23. The van der Waals surface area contributed by atoms with Crippen molar-refractivity contribution in [2.24, 2.45) is 0 Å². The number of carbonyl (C=O) groups excluding carboxylic acids is 1. The molecule has 4 heteroatoms. The quantitative estimate of drug-likeness (QED) is 0.830. The molecule has 2 rings (SSSR count). The maximum Gasteiger partial charge on any atom is 0.340 e. The SMILES string of the molecule is CCOC(=O)c1ccccc1NCc1ccc(C)c(Cl)c1. The Morgan fingerprint density at radius 2 is 2.00 bits per heavy atom. The van der Waals surface area contributed by atoms with Crippen molar-refractivity contribution in [3.05, 3.63) is 64.2 Å². The van der Waals surface area contributed by atoms with E-state index in [1.165, 1.54) is 0 Å². The maximum absolute atomic E-state index is 11.9. The van der Waals surface area contributed by atoms with Gasteiger partial charge in [-0.2, -0.15) is 0 Å². The van der Waals surface area contributed by atoms with Gasteiger partial charge in [0.25, 0.3) is 0 Å². The van der Waals surface area contributed by atoms with Gasteiger partial charge in [0, 0.05) is 17.3 Å². The summed E-state index contributed by atoms with van der Waals surface area (Å²) in [4.78, 5) is 11.9. The third-order valence-electron chi connectivity index (χ3n) is 3.14. The number of anilines is 1. The van der Waals surface area contributed by atoms with Crippen LogP contribution in [-0.2, 0) is 11.3 Å². The van der Waals surface area contributed by atoms with E-state index in [0.717, 1.165) is 21.8 Å². The summed E-state index contributed by atoms with van der Waals surface area (Å²) >= 11 is 6.12. The molecule has 0 aliphatic carbocycles. The number of benzene rings is 2. The summed E-state index contributed by atoms with van der Waals surface area (Å²) in [6, 6.07) is 13.2. The number of nitrogens with one attached hydrogen (secondary N) is 1. The van der Waals surface area contributed by atoms with Gasteiger partial charge in [0.05, 0.1) is 12.2 Å². The van der Waals surface area contributed by atoms with E-state index in [0.29, 0.717) is 18.7 Å². The van der Waals surface area contributed by atoms with E-state index in [1.54, 1.807) is 13.0 Å². The van der Waals surface area contributed by atoms with Gasteiger partial charge in [-0.25, -0.2) is 4.79 Å². The minimum atomic E-state index is -0.317. The van der Waals surface area contributed by atoms with Crippen molar-refractivity contribution in [2.45, 2.75) is 20.4 Å². The Balaban J connectivity index is 2.12. The van der Waals surface area contributed by atoms with Gasteiger partial charge >= 0.3 is 5.97 Å². The van der Waals surface area contributed by atoms with E-state index < -0.39 is 0 Å². The number of ether oxygens (including phenoxy) is 1. The van der Waals surface area contributed by atoms with E-state index in [9.17, 15) is 4.79 Å². The number of halogens is 1. The van der Waals surface area contributed by atoms with Crippen LogP contribution in [-0.4, -0.2) is 12.6 Å². The van der Waals surface area contributed by atoms with Crippen molar-refractivity contribution in [3.63, 3.8) is 0 Å². The Labute approximate surface area is 129 Å². The van der Waals surface area contributed by atoms with Crippen molar-refractivity contribution in [1.29, 1.82) is 0 Å². The van der Waals surface area contributed by atoms with Gasteiger partial charge < -0.3 is 10.1 Å². The van der Waals surface area contributed by atoms with Gasteiger partial charge in [0.2, 0.25) is 0 Å². The molecule has 2 aromatic rings. The second kappa shape index (κ2) is 7.14. The summed E-state index contributed by atoms with van der Waals surface area (Å²) in [6.45, 7) is 4.72. The number of esters is 1. The summed E-state index contributed by atoms with van der Waals surface area (Å²) in [5.74, 6) is -0.317. The molecule has 0 saturated heterocycles. The highest BCUT2D eigenvalue weighted by Gasteiger charge is 2.11. The van der Waals surface area contributed by atoms with E-state index in [-0.39, 0.29) is 5.97 Å². The summed E-state index contributed by atoms with van der Waals surface area (Å²) in [6.07, 6.45) is 0. The Hall–Kier alpha value is -2.00. The first-order chi connectivity index (χ1) is 10.1. The van der Waals surface area contributed by atoms with Crippen molar-refractivity contribution in [3.8, 4) is 0 Å². The summed E-state index contributed by atoms with van der Waals surface area (Å²) < 4.78 is 5.06. The lowest BCUT2D eigenvalue weighted by molar-refractivity contribution is 0.0527. The minimum absolute atomic E-state index is 0.317. The van der Waals surface area contributed by atoms with E-state index >= 15 is 0 Å². The van der Waals surface area contributed by atoms with Gasteiger partial charge in [0.15, 0.2) is 0 Å². The van der Waals surface area contributed by atoms with E-state index in [2.05, 4.69) is 5.32 Å². The van der Waals surface area contributed by atoms with Crippen LogP contribution in [0.4, 0.5) is 5.69 Å². The van der Waals surface area contributed by atoms with E-state index in [4.69, 9.17) is 16.3 Å². The monoisotopic (exact) mass is 303 g/mol. The fourth-order valence-corrected chi connectivity index (χ4v) is 2.17. The van der Waals surface area contributed by atoms with Gasteiger partial charge in [-0.15, -0.1) is 0 Å². The lowest BCUT2D eigenvalue weighted by Gasteiger charge is -2.12. The second-order valence-corrected chi connectivity index (χ2v) is 5.11. The van der Waals surface area contributed by atoms with Crippen LogP contribution >= 0.6 is 11.6 Å². The fourth-order valence-electron chi connectivity index (χ4n) is 1.97. The topological polar surface area (TPSA) is 38.3 Å². The first-order valence-electron chi connectivity index (χ1n) is 6.87. The third-order valence-corrected chi connectivity index (χ3v) is 3.55. The first-order valence-corrected chi connectivity index (χ1v) is 7.24. The number of aryl methyl sites for hydroxylation is 1. The largest absolute Gasteiger partial charge is 0.462 e. The molecule has 0 aliphatic rings. The van der Waals surface area contributed by atoms with Gasteiger partial charge in [-0.3, -0.25) is 0 Å². The molecule has 0 bridgehead atoms. The van der Waals surface area contributed by atoms with Crippen LogP contribution in [0, 0.1) is 6.92 Å². The lowest BCUT2D eigenvalue weighted by atomic mass is 10.1. The van der Waals surface area contributed by atoms with Crippen LogP contribution in [0.3, 0.4) is 0 Å². The molecule has 110 valence electrons. The molecule has 0 saturated carbocycles. The molecule has 0 radical (unpaired) electrons. The van der Waals surface area contributed by atoms with Crippen LogP contribution in [0.5, 0.6) is 0 Å². The molecule has 0 aromatic heterocycles. The zero-order chi connectivity index (χ0) is 15.2. The number of hydrogen-bond acceptors (Lipinski definition) is 3. The average Bonchev–Trinajstić information content (AvgIpc) is 2.49. The van der Waals surface area contributed by atoms with Gasteiger partial charge in [-0.05, 0) is 43.2 Å². The molecule has 3 nitrogen and oxygen atoms in total. The maximum atomic E-state index is 11.9. The number of para-hydroxylation sites is 1. The molecule has 0 fully saturated rings. The molecule has 2 aromatic carbocycles. The first kappa shape index (κ1) is 15.4. The van der Waals surface area contributed by atoms with Crippen molar-refractivity contribution < 1.29 is 9.53 Å². The molecule has 0 unspecified atom stereocenters. The lowest BCUT2D eigenvalue weighted by Crippen LogP contribution is -2.09. The summed E-state index contributed by atoms with van der Waals surface area (Å²) in [7, 11) is 0. The normalized spacial score (nSPS) is 10.2. The van der Waals surface area contributed by atoms with Crippen molar-refractivity contribution >= 4 is 23.3 Å². The van der Waals surface area contributed by atoms with Gasteiger partial charge in [-0.1, -0.05) is 35.9 Å². The number of carbonyl (C=O) groups is 1. The fraction of sp³-hybridized carbons (Fsp3) is 0.235. The summed E-state index contributed by atoms with van der Waals surface area (Å²) in [5.41, 5.74) is 3.40. The molecule has 0 spiro atoms. The predicted octanol–water partition coefficient (Wildman–Crippen LogP) is 4.44. The molecule has 0 amide bonds. The standard InChI is InChI=1S/C17H18ClNO2/c1-3-21-17(20)14-6-4-5-7-16(14)19-11-13-9-8-12(2)15(18)10-13/h4-10,19H,3,11H2,1-2H3.